The molecule has 176 valence electrons. The molecule has 0 bridgehead atoms. The summed E-state index contributed by atoms with van der Waals surface area (Å²) in [7, 11) is 0. The number of H-pyrrole nitrogens is 1. The van der Waals surface area contributed by atoms with Crippen LogP contribution in [0.5, 0.6) is 0 Å². The molecule has 2 aromatic carbocycles. The van der Waals surface area contributed by atoms with Crippen molar-refractivity contribution in [1.82, 2.24) is 19.8 Å². The Kier molecular flexibility index (Phi) is 6.79. The number of likely N-dealkylation sites (tertiary alicyclic amines) is 1. The summed E-state index contributed by atoms with van der Waals surface area (Å²) in [5.74, 6) is -0.210. The zero-order chi connectivity index (χ0) is 22.9. The van der Waals surface area contributed by atoms with E-state index in [0.29, 0.717) is 23.7 Å². The van der Waals surface area contributed by atoms with E-state index in [1.54, 1.807) is 12.4 Å². The molecule has 2 aliphatic rings. The minimum absolute atomic E-state index is 0.210. The van der Waals surface area contributed by atoms with Gasteiger partial charge in [-0.2, -0.15) is 0 Å². The number of halogens is 3. The Morgan fingerprint density at radius 2 is 1.91 bits per heavy atom. The molecule has 5 nitrogen and oxygen atoms in total. The van der Waals surface area contributed by atoms with Gasteiger partial charge in [0.2, 0.25) is 0 Å². The molecule has 5 rings (SSSR count). The Labute approximate surface area is 204 Å². The van der Waals surface area contributed by atoms with Crippen LogP contribution in [0.15, 0.2) is 36.7 Å². The molecule has 2 fully saturated rings. The van der Waals surface area contributed by atoms with Gasteiger partial charge in [0, 0.05) is 48.8 Å². The predicted octanol–water partition coefficient (Wildman–Crippen LogP) is 5.57. The van der Waals surface area contributed by atoms with Gasteiger partial charge in [0.1, 0.15) is 5.82 Å². The third-order valence-electron chi connectivity index (χ3n) is 7.26. The van der Waals surface area contributed by atoms with Crippen molar-refractivity contribution in [2.24, 2.45) is 0 Å². The van der Waals surface area contributed by atoms with Gasteiger partial charge in [-0.05, 0) is 56.6 Å². The van der Waals surface area contributed by atoms with Crippen molar-refractivity contribution in [1.29, 1.82) is 0 Å². The molecule has 0 spiro atoms. The quantitative estimate of drug-likeness (QED) is 0.507. The monoisotopic (exact) mass is 489 g/mol. The molecule has 8 heteroatoms. The van der Waals surface area contributed by atoms with Crippen molar-refractivity contribution in [3.8, 4) is 0 Å². The number of hydrogen-bond donors (Lipinski definition) is 1. The van der Waals surface area contributed by atoms with Gasteiger partial charge >= 0.3 is 0 Å². The topological polar surface area (TPSA) is 38.4 Å². The molecule has 0 saturated carbocycles. The molecule has 0 aliphatic carbocycles. The number of piperazine rings is 1. The fourth-order valence-electron chi connectivity index (χ4n) is 5.42. The minimum atomic E-state index is -0.210. The standard InChI is InChI=1S/C25H30Cl2FN5/c1-2-19-15-32(25-13-24-23(12-21(25)27)29-16-30-24)9-10-33(19)20-5-7-31(8-6-20)14-17-3-4-18(26)11-22(17)28/h3-4,11-13,16,19-20H,2,5-10,14-15H2,1H3,(H,29,30)/t19-/m0/s1. The van der Waals surface area contributed by atoms with Crippen LogP contribution in [-0.4, -0.2) is 64.6 Å². The number of nitrogens with zero attached hydrogens (tertiary/aromatic N) is 4. The number of aromatic amines is 1. The fourth-order valence-corrected chi connectivity index (χ4v) is 5.86. The summed E-state index contributed by atoms with van der Waals surface area (Å²) in [5.41, 5.74) is 3.73. The Bertz CT molecular complexity index is 1110. The number of fused-ring (bicyclic) bond motifs is 1. The third-order valence-corrected chi connectivity index (χ3v) is 7.80. The number of rotatable bonds is 5. The molecular formula is C25H30Cl2FN5. The highest BCUT2D eigenvalue weighted by Crippen LogP contribution is 2.33. The van der Waals surface area contributed by atoms with Crippen molar-refractivity contribution in [2.75, 3.05) is 37.6 Å². The molecule has 1 aromatic heterocycles. The van der Waals surface area contributed by atoms with Crippen LogP contribution in [-0.2, 0) is 6.54 Å². The number of piperidine rings is 1. The number of aromatic nitrogens is 2. The number of hydrogen-bond acceptors (Lipinski definition) is 4. The molecule has 33 heavy (non-hydrogen) atoms. The van der Waals surface area contributed by atoms with E-state index in [1.807, 2.05) is 12.1 Å². The van der Waals surface area contributed by atoms with Crippen LogP contribution in [0, 0.1) is 5.82 Å². The lowest BCUT2D eigenvalue weighted by atomic mass is 9.97. The molecule has 3 heterocycles. The van der Waals surface area contributed by atoms with E-state index in [0.717, 1.165) is 79.3 Å². The second-order valence-electron chi connectivity index (χ2n) is 9.21. The smallest absolute Gasteiger partial charge is 0.129 e. The SMILES string of the molecule is CC[C@H]1CN(c2cc3nc[nH]c3cc2Cl)CCN1C1CCN(Cc2ccc(Cl)cc2F)CC1. The number of nitrogens with one attached hydrogen (secondary N) is 1. The van der Waals surface area contributed by atoms with Gasteiger partial charge in [0.25, 0.3) is 0 Å². The van der Waals surface area contributed by atoms with Crippen molar-refractivity contribution in [3.05, 3.63) is 58.1 Å². The Hall–Kier alpha value is -1.86. The summed E-state index contributed by atoms with van der Waals surface area (Å²) in [5, 5.41) is 1.23. The Balaban J connectivity index is 1.20. The van der Waals surface area contributed by atoms with Gasteiger partial charge < -0.3 is 9.88 Å². The van der Waals surface area contributed by atoms with Gasteiger partial charge in [-0.15, -0.1) is 0 Å². The summed E-state index contributed by atoms with van der Waals surface area (Å²) in [6.07, 6.45) is 5.05. The van der Waals surface area contributed by atoms with Crippen molar-refractivity contribution < 1.29 is 4.39 Å². The number of benzene rings is 2. The molecule has 1 N–H and O–H groups in total. The normalized spacial score (nSPS) is 21.2. The summed E-state index contributed by atoms with van der Waals surface area (Å²) in [4.78, 5) is 15.0. The predicted molar refractivity (Wildman–Crippen MR) is 134 cm³/mol. The molecule has 2 saturated heterocycles. The second kappa shape index (κ2) is 9.79. The fraction of sp³-hybridized carbons (Fsp3) is 0.480. The first-order valence-corrected chi connectivity index (χ1v) is 12.6. The Morgan fingerprint density at radius 1 is 1.09 bits per heavy atom. The highest BCUT2D eigenvalue weighted by atomic mass is 35.5. The summed E-state index contributed by atoms with van der Waals surface area (Å²) in [6, 6.07) is 10.1. The summed E-state index contributed by atoms with van der Waals surface area (Å²) in [6.45, 7) is 7.87. The summed E-state index contributed by atoms with van der Waals surface area (Å²) < 4.78 is 14.2. The van der Waals surface area contributed by atoms with Crippen molar-refractivity contribution in [2.45, 2.75) is 44.8 Å². The third kappa shape index (κ3) is 4.85. The summed E-state index contributed by atoms with van der Waals surface area (Å²) >= 11 is 12.5. The molecule has 2 aliphatic heterocycles. The first kappa shape index (κ1) is 22.9. The average Bonchev–Trinajstić information content (AvgIpc) is 3.28. The molecule has 0 radical (unpaired) electrons. The van der Waals surface area contributed by atoms with E-state index >= 15 is 0 Å². The first-order valence-electron chi connectivity index (χ1n) is 11.8. The van der Waals surface area contributed by atoms with Crippen LogP contribution in [0.3, 0.4) is 0 Å². The Morgan fingerprint density at radius 3 is 2.67 bits per heavy atom. The van der Waals surface area contributed by atoms with Crippen molar-refractivity contribution >= 4 is 39.9 Å². The van der Waals surface area contributed by atoms with E-state index < -0.39 is 0 Å². The second-order valence-corrected chi connectivity index (χ2v) is 10.1. The number of imidazole rings is 1. The van der Waals surface area contributed by atoms with Gasteiger partial charge in [0.15, 0.2) is 0 Å². The molecule has 0 amide bonds. The van der Waals surface area contributed by atoms with Crippen LogP contribution in [0.2, 0.25) is 10.0 Å². The minimum Gasteiger partial charge on any atom is -0.367 e. The maximum absolute atomic E-state index is 14.2. The lowest BCUT2D eigenvalue weighted by Gasteiger charge is -2.48. The van der Waals surface area contributed by atoms with Crippen LogP contribution >= 0.6 is 23.2 Å². The van der Waals surface area contributed by atoms with Crippen LogP contribution in [0.4, 0.5) is 10.1 Å². The first-order chi connectivity index (χ1) is 16.0. The van der Waals surface area contributed by atoms with Gasteiger partial charge in [0.05, 0.1) is 28.1 Å². The zero-order valence-corrected chi connectivity index (χ0v) is 20.4. The molecule has 1 atom stereocenters. The van der Waals surface area contributed by atoms with E-state index in [1.165, 1.54) is 6.07 Å². The molecule has 0 unspecified atom stereocenters. The van der Waals surface area contributed by atoms with Crippen LogP contribution in [0.25, 0.3) is 11.0 Å². The average molecular weight is 490 g/mol. The largest absolute Gasteiger partial charge is 0.367 e. The lowest BCUT2D eigenvalue weighted by molar-refractivity contribution is 0.0609. The van der Waals surface area contributed by atoms with E-state index in [-0.39, 0.29) is 5.82 Å². The van der Waals surface area contributed by atoms with E-state index in [4.69, 9.17) is 23.2 Å². The molecular weight excluding hydrogens is 460 g/mol. The van der Waals surface area contributed by atoms with E-state index in [2.05, 4.69) is 37.7 Å². The van der Waals surface area contributed by atoms with Crippen LogP contribution in [0.1, 0.15) is 31.7 Å². The molecule has 3 aromatic rings. The maximum atomic E-state index is 14.2. The maximum Gasteiger partial charge on any atom is 0.129 e. The highest BCUT2D eigenvalue weighted by Gasteiger charge is 2.33. The van der Waals surface area contributed by atoms with Gasteiger partial charge in [-0.3, -0.25) is 9.80 Å². The van der Waals surface area contributed by atoms with Crippen molar-refractivity contribution in [3.63, 3.8) is 0 Å². The van der Waals surface area contributed by atoms with E-state index in [9.17, 15) is 4.39 Å². The van der Waals surface area contributed by atoms with Gasteiger partial charge in [-0.1, -0.05) is 36.2 Å². The zero-order valence-electron chi connectivity index (χ0n) is 18.9. The highest BCUT2D eigenvalue weighted by molar-refractivity contribution is 6.34. The van der Waals surface area contributed by atoms with Crippen LogP contribution < -0.4 is 4.90 Å². The lowest BCUT2D eigenvalue weighted by Crippen LogP contribution is -2.58. The van der Waals surface area contributed by atoms with Gasteiger partial charge in [-0.25, -0.2) is 9.37 Å². The number of anilines is 1.